The molecule has 130 valence electrons. The number of carbonyl (C=O) groups excluding carboxylic acids is 1. The largest absolute Gasteiger partial charge is 0.416 e. The molecule has 2 aromatic heterocycles. The Labute approximate surface area is 136 Å². The number of hydrogen-bond donors (Lipinski definition) is 2. The Kier molecular flexibility index (Phi) is 4.04. The van der Waals surface area contributed by atoms with Gasteiger partial charge in [-0.15, -0.1) is 5.10 Å². The number of carbonyl (C=O) groups is 1. The molecule has 10 nitrogen and oxygen atoms in total. The third kappa shape index (κ3) is 3.54. The second-order valence-electron chi connectivity index (χ2n) is 4.78. The van der Waals surface area contributed by atoms with Crippen molar-refractivity contribution >= 4 is 17.4 Å². The molecule has 25 heavy (non-hydrogen) atoms. The van der Waals surface area contributed by atoms with Crippen LogP contribution < -0.4 is 11.1 Å². The summed E-state index contributed by atoms with van der Waals surface area (Å²) in [4.78, 5) is 12.0. The lowest BCUT2D eigenvalue weighted by atomic mass is 10.2. The zero-order valence-electron chi connectivity index (χ0n) is 12.2. The fourth-order valence-corrected chi connectivity index (χ4v) is 1.94. The third-order valence-corrected chi connectivity index (χ3v) is 3.02. The van der Waals surface area contributed by atoms with Crippen LogP contribution >= 0.6 is 0 Å². The van der Waals surface area contributed by atoms with Crippen LogP contribution in [-0.2, 0) is 17.5 Å². The van der Waals surface area contributed by atoms with Gasteiger partial charge in [-0.25, -0.2) is 9.31 Å². The first-order chi connectivity index (χ1) is 11.8. The van der Waals surface area contributed by atoms with Crippen molar-refractivity contribution in [3.05, 3.63) is 29.8 Å². The SMILES string of the molecule is Nc1nonc1-c1nnnn1CC(=O)Nc1cccc(C(F)(F)F)c1. The molecule has 13 heteroatoms. The summed E-state index contributed by atoms with van der Waals surface area (Å²) in [6, 6.07) is 4.23. The molecular formula is C12H9F3N8O2. The first kappa shape index (κ1) is 16.4. The van der Waals surface area contributed by atoms with E-state index in [2.05, 4.69) is 35.8 Å². The molecule has 3 rings (SSSR count). The average molecular weight is 354 g/mol. The van der Waals surface area contributed by atoms with Crippen LogP contribution in [-0.4, -0.2) is 36.4 Å². The van der Waals surface area contributed by atoms with Gasteiger partial charge in [-0.1, -0.05) is 6.07 Å². The maximum atomic E-state index is 12.7. The van der Waals surface area contributed by atoms with Crippen LogP contribution in [0.4, 0.5) is 24.7 Å². The van der Waals surface area contributed by atoms with Gasteiger partial charge in [0.2, 0.25) is 11.7 Å². The van der Waals surface area contributed by atoms with Crippen LogP contribution in [0, 0.1) is 0 Å². The summed E-state index contributed by atoms with van der Waals surface area (Å²) in [5.41, 5.74) is 4.67. The number of hydrogen-bond acceptors (Lipinski definition) is 8. The molecule has 1 aromatic carbocycles. The molecule has 0 atom stereocenters. The van der Waals surface area contributed by atoms with Gasteiger partial charge in [0.05, 0.1) is 5.56 Å². The van der Waals surface area contributed by atoms with E-state index >= 15 is 0 Å². The molecule has 3 N–H and O–H groups in total. The van der Waals surface area contributed by atoms with Gasteiger partial charge < -0.3 is 11.1 Å². The first-order valence-electron chi connectivity index (χ1n) is 6.66. The number of nitrogens with zero attached hydrogens (tertiary/aromatic N) is 6. The normalized spacial score (nSPS) is 11.5. The minimum Gasteiger partial charge on any atom is -0.379 e. The van der Waals surface area contributed by atoms with Gasteiger partial charge in [0.1, 0.15) is 6.54 Å². The quantitative estimate of drug-likeness (QED) is 0.707. The van der Waals surface area contributed by atoms with Crippen LogP contribution in [0.3, 0.4) is 0 Å². The Morgan fingerprint density at radius 1 is 1.32 bits per heavy atom. The Morgan fingerprint density at radius 2 is 2.12 bits per heavy atom. The molecule has 0 aliphatic heterocycles. The van der Waals surface area contributed by atoms with Crippen LogP contribution in [0.25, 0.3) is 11.5 Å². The smallest absolute Gasteiger partial charge is 0.379 e. The van der Waals surface area contributed by atoms with Gasteiger partial charge in [0.15, 0.2) is 11.5 Å². The van der Waals surface area contributed by atoms with E-state index in [9.17, 15) is 18.0 Å². The van der Waals surface area contributed by atoms with Gasteiger partial charge in [-0.05, 0) is 38.9 Å². The lowest BCUT2D eigenvalue weighted by Crippen LogP contribution is -2.20. The highest BCUT2D eigenvalue weighted by molar-refractivity contribution is 5.90. The van der Waals surface area contributed by atoms with E-state index in [1.807, 2.05) is 0 Å². The van der Waals surface area contributed by atoms with E-state index < -0.39 is 17.6 Å². The van der Waals surface area contributed by atoms with Gasteiger partial charge >= 0.3 is 6.18 Å². The summed E-state index contributed by atoms with van der Waals surface area (Å²) in [6.07, 6.45) is -4.51. The van der Waals surface area contributed by atoms with Crippen molar-refractivity contribution < 1.29 is 22.6 Å². The number of amides is 1. The maximum Gasteiger partial charge on any atom is 0.416 e. The molecule has 0 bridgehead atoms. The maximum absolute atomic E-state index is 12.7. The molecule has 0 saturated heterocycles. The van der Waals surface area contributed by atoms with Crippen molar-refractivity contribution in [2.75, 3.05) is 11.1 Å². The number of nitrogens with one attached hydrogen (secondary N) is 1. The molecule has 0 aliphatic carbocycles. The standard InChI is InChI=1S/C12H9F3N8O2/c13-12(14,15)6-2-1-3-7(4-6)17-8(24)5-23-11(18-21-22-23)9-10(16)20-25-19-9/h1-4H,5H2,(H2,16,20)(H,17,24). The van der Waals surface area contributed by atoms with Crippen LogP contribution in [0.2, 0.25) is 0 Å². The Hall–Kier alpha value is -3.51. The zero-order chi connectivity index (χ0) is 18.0. The van der Waals surface area contributed by atoms with Crippen LogP contribution in [0.15, 0.2) is 28.9 Å². The fraction of sp³-hybridized carbons (Fsp3) is 0.167. The summed E-state index contributed by atoms with van der Waals surface area (Å²) in [5.74, 6) is -0.699. The highest BCUT2D eigenvalue weighted by Crippen LogP contribution is 2.30. The van der Waals surface area contributed by atoms with E-state index in [1.54, 1.807) is 0 Å². The number of benzene rings is 1. The predicted octanol–water partition coefficient (Wildman–Crippen LogP) is 0.963. The molecule has 1 amide bonds. The number of nitrogen functional groups attached to an aromatic ring is 1. The molecule has 0 radical (unpaired) electrons. The lowest BCUT2D eigenvalue weighted by Gasteiger charge is -2.10. The van der Waals surface area contributed by atoms with E-state index in [4.69, 9.17) is 5.73 Å². The molecule has 0 saturated carbocycles. The topological polar surface area (TPSA) is 138 Å². The Bertz CT molecular complexity index is 904. The van der Waals surface area contributed by atoms with E-state index in [-0.39, 0.29) is 29.6 Å². The fourth-order valence-electron chi connectivity index (χ4n) is 1.94. The first-order valence-corrected chi connectivity index (χ1v) is 6.66. The third-order valence-electron chi connectivity index (χ3n) is 3.02. The molecule has 0 fully saturated rings. The molecule has 0 unspecified atom stereocenters. The summed E-state index contributed by atoms with van der Waals surface area (Å²) in [6.45, 7) is -0.384. The van der Waals surface area contributed by atoms with Gasteiger partial charge in [-0.2, -0.15) is 13.2 Å². The van der Waals surface area contributed by atoms with E-state index in [0.717, 1.165) is 16.8 Å². The van der Waals surface area contributed by atoms with Crippen molar-refractivity contribution in [2.45, 2.75) is 12.7 Å². The van der Waals surface area contributed by atoms with Crippen molar-refractivity contribution in [1.29, 1.82) is 0 Å². The number of nitrogens with two attached hydrogens (primary N) is 1. The second-order valence-corrected chi connectivity index (χ2v) is 4.78. The number of halogens is 3. The molecule has 0 aliphatic rings. The number of alkyl halides is 3. The van der Waals surface area contributed by atoms with E-state index in [1.165, 1.54) is 12.1 Å². The lowest BCUT2D eigenvalue weighted by molar-refractivity contribution is -0.137. The molecule has 0 spiro atoms. The van der Waals surface area contributed by atoms with Crippen molar-refractivity contribution in [1.82, 2.24) is 30.5 Å². The average Bonchev–Trinajstić information content (AvgIpc) is 3.15. The van der Waals surface area contributed by atoms with Gasteiger partial charge in [0.25, 0.3) is 0 Å². The highest BCUT2D eigenvalue weighted by atomic mass is 19.4. The Morgan fingerprint density at radius 3 is 2.80 bits per heavy atom. The number of rotatable bonds is 4. The summed E-state index contributed by atoms with van der Waals surface area (Å²) in [5, 5.41) is 19.9. The van der Waals surface area contributed by atoms with Gasteiger partial charge in [0, 0.05) is 5.69 Å². The molecule has 2 heterocycles. The highest BCUT2D eigenvalue weighted by Gasteiger charge is 2.30. The number of anilines is 2. The second kappa shape index (κ2) is 6.18. The van der Waals surface area contributed by atoms with Crippen LogP contribution in [0.1, 0.15) is 5.56 Å². The monoisotopic (exact) mass is 354 g/mol. The minimum atomic E-state index is -4.51. The predicted molar refractivity (Wildman–Crippen MR) is 75.6 cm³/mol. The molecule has 3 aromatic rings. The number of tetrazole rings is 1. The zero-order valence-corrected chi connectivity index (χ0v) is 12.2. The Balaban J connectivity index is 1.75. The van der Waals surface area contributed by atoms with E-state index in [0.29, 0.717) is 0 Å². The van der Waals surface area contributed by atoms with Gasteiger partial charge in [-0.3, -0.25) is 4.79 Å². The summed E-state index contributed by atoms with van der Waals surface area (Å²) < 4.78 is 43.5. The summed E-state index contributed by atoms with van der Waals surface area (Å²) >= 11 is 0. The van der Waals surface area contributed by atoms with Crippen molar-refractivity contribution in [2.24, 2.45) is 0 Å². The number of aromatic nitrogens is 6. The summed E-state index contributed by atoms with van der Waals surface area (Å²) in [7, 11) is 0. The molecular weight excluding hydrogens is 345 g/mol. The van der Waals surface area contributed by atoms with Crippen molar-refractivity contribution in [3.63, 3.8) is 0 Å². The van der Waals surface area contributed by atoms with Crippen molar-refractivity contribution in [3.8, 4) is 11.5 Å². The van der Waals surface area contributed by atoms with Crippen LogP contribution in [0.5, 0.6) is 0 Å². The minimum absolute atomic E-state index is 0.0166.